The van der Waals surface area contributed by atoms with E-state index < -0.39 is 20.0 Å². The molecule has 0 unspecified atom stereocenters. The zero-order chi connectivity index (χ0) is 17.1. The highest BCUT2D eigenvalue weighted by atomic mass is 35.5. The summed E-state index contributed by atoms with van der Waals surface area (Å²) in [6, 6.07) is 12.3. The lowest BCUT2D eigenvalue weighted by Crippen LogP contribution is -2.24. The summed E-state index contributed by atoms with van der Waals surface area (Å²) in [5.74, 6) is -0.234. The van der Waals surface area contributed by atoms with Crippen molar-refractivity contribution in [1.29, 1.82) is 0 Å². The van der Waals surface area contributed by atoms with Crippen LogP contribution in [0.25, 0.3) is 0 Å². The molecule has 0 aliphatic rings. The first-order valence-corrected chi connectivity index (χ1v) is 10.1. The van der Waals surface area contributed by atoms with Crippen LogP contribution in [-0.2, 0) is 32.3 Å². The normalized spacial score (nSPS) is 12.3. The highest BCUT2D eigenvalue weighted by Gasteiger charge is 2.14. The molecule has 0 atom stereocenters. The second-order valence-electron chi connectivity index (χ2n) is 4.86. The second-order valence-corrected chi connectivity index (χ2v) is 8.64. The van der Waals surface area contributed by atoms with Crippen molar-refractivity contribution < 1.29 is 16.8 Å². The largest absolute Gasteiger partial charge is 0.238 e. The Labute approximate surface area is 140 Å². The molecule has 0 amide bonds. The summed E-state index contributed by atoms with van der Waals surface area (Å²) in [6.07, 6.45) is 0. The molecule has 0 aliphatic carbocycles. The second kappa shape index (κ2) is 6.98. The summed E-state index contributed by atoms with van der Waals surface area (Å²) in [7, 11) is -7.33. The van der Waals surface area contributed by atoms with E-state index in [1.54, 1.807) is 24.3 Å². The van der Waals surface area contributed by atoms with E-state index in [0.29, 0.717) is 16.1 Å². The lowest BCUT2D eigenvalue weighted by atomic mass is 10.2. The van der Waals surface area contributed by atoms with Gasteiger partial charge in [-0.3, -0.25) is 0 Å². The van der Waals surface area contributed by atoms with Crippen molar-refractivity contribution in [3.63, 3.8) is 0 Å². The molecule has 0 radical (unpaired) electrons. The van der Waals surface area contributed by atoms with Crippen LogP contribution in [0.2, 0.25) is 5.02 Å². The topological polar surface area (TPSA) is 106 Å². The summed E-state index contributed by atoms with van der Waals surface area (Å²) in [6.45, 7) is 0.0394. The van der Waals surface area contributed by atoms with Gasteiger partial charge in [-0.15, -0.1) is 0 Å². The highest BCUT2D eigenvalue weighted by Crippen LogP contribution is 2.17. The lowest BCUT2D eigenvalue weighted by Gasteiger charge is -2.08. The van der Waals surface area contributed by atoms with Gasteiger partial charge < -0.3 is 0 Å². The first-order chi connectivity index (χ1) is 10.7. The molecule has 0 saturated heterocycles. The van der Waals surface area contributed by atoms with Crippen LogP contribution in [0, 0.1) is 0 Å². The van der Waals surface area contributed by atoms with Crippen LogP contribution >= 0.6 is 11.6 Å². The van der Waals surface area contributed by atoms with Crippen LogP contribution in [0.5, 0.6) is 0 Å². The molecule has 6 nitrogen and oxygen atoms in total. The predicted molar refractivity (Wildman–Crippen MR) is 88.7 cm³/mol. The zero-order valence-corrected chi connectivity index (χ0v) is 14.3. The molecule has 2 rings (SSSR count). The Morgan fingerprint density at radius 2 is 1.57 bits per heavy atom. The fraction of sp³-hybridized carbons (Fsp3) is 0.143. The Bertz CT molecular complexity index is 895. The monoisotopic (exact) mass is 374 g/mol. The maximum absolute atomic E-state index is 12.1. The van der Waals surface area contributed by atoms with Gasteiger partial charge in [0.25, 0.3) is 0 Å². The number of rotatable bonds is 6. The molecular formula is C14H15ClN2O4S2. The van der Waals surface area contributed by atoms with Crippen LogP contribution < -0.4 is 9.86 Å². The molecule has 3 N–H and O–H groups in total. The van der Waals surface area contributed by atoms with E-state index in [1.165, 1.54) is 24.3 Å². The molecule has 2 aromatic carbocycles. The van der Waals surface area contributed by atoms with Crippen LogP contribution in [0.1, 0.15) is 11.1 Å². The molecule has 0 aromatic heterocycles. The van der Waals surface area contributed by atoms with Gasteiger partial charge in [0.2, 0.25) is 20.0 Å². The first kappa shape index (κ1) is 17.9. The smallest absolute Gasteiger partial charge is 0.225 e. The molecule has 0 saturated carbocycles. The van der Waals surface area contributed by atoms with Crippen LogP contribution in [0.15, 0.2) is 53.4 Å². The summed E-state index contributed by atoms with van der Waals surface area (Å²) >= 11 is 5.95. The van der Waals surface area contributed by atoms with E-state index in [1.807, 2.05) is 0 Å². The van der Waals surface area contributed by atoms with Crippen molar-refractivity contribution in [2.24, 2.45) is 5.14 Å². The summed E-state index contributed by atoms with van der Waals surface area (Å²) in [5, 5.41) is 5.38. The predicted octanol–water partition coefficient (Wildman–Crippen LogP) is 1.61. The summed E-state index contributed by atoms with van der Waals surface area (Å²) < 4.78 is 48.9. The maximum Gasteiger partial charge on any atom is 0.238 e. The maximum atomic E-state index is 12.1. The van der Waals surface area contributed by atoms with Crippen molar-refractivity contribution in [1.82, 2.24) is 4.72 Å². The van der Waals surface area contributed by atoms with Gasteiger partial charge in [-0.25, -0.2) is 26.7 Å². The van der Waals surface area contributed by atoms with Crippen molar-refractivity contribution in [2.75, 3.05) is 0 Å². The van der Waals surface area contributed by atoms with Crippen molar-refractivity contribution in [3.05, 3.63) is 64.7 Å². The highest BCUT2D eigenvalue weighted by molar-refractivity contribution is 7.89. The number of hydrogen-bond donors (Lipinski definition) is 2. The van der Waals surface area contributed by atoms with Gasteiger partial charge in [-0.2, -0.15) is 0 Å². The average Bonchev–Trinajstić information content (AvgIpc) is 2.47. The number of hydrogen-bond acceptors (Lipinski definition) is 4. The van der Waals surface area contributed by atoms with E-state index in [9.17, 15) is 16.8 Å². The molecule has 23 heavy (non-hydrogen) atoms. The third-order valence-corrected chi connectivity index (χ3v) is 5.62. The Morgan fingerprint density at radius 3 is 2.13 bits per heavy atom. The third kappa shape index (κ3) is 5.29. The van der Waals surface area contributed by atoms with E-state index >= 15 is 0 Å². The standard InChI is InChI=1S/C14H15ClN2O4S2/c15-14-4-2-1-3-12(14)10-22(18,19)17-9-11-5-7-13(8-6-11)23(16,20)21/h1-8,17H,9-10H2,(H2,16,20,21). The quantitative estimate of drug-likeness (QED) is 0.800. The van der Waals surface area contributed by atoms with Gasteiger partial charge in [0, 0.05) is 11.6 Å². The molecule has 0 aliphatic heterocycles. The fourth-order valence-electron chi connectivity index (χ4n) is 1.86. The van der Waals surface area contributed by atoms with Crippen LogP contribution in [0.3, 0.4) is 0 Å². The van der Waals surface area contributed by atoms with Crippen LogP contribution in [0.4, 0.5) is 0 Å². The van der Waals surface area contributed by atoms with Crippen molar-refractivity contribution in [2.45, 2.75) is 17.2 Å². The lowest BCUT2D eigenvalue weighted by molar-refractivity contribution is 0.580. The van der Waals surface area contributed by atoms with Gasteiger partial charge in [-0.1, -0.05) is 41.9 Å². The molecule has 0 spiro atoms. The minimum atomic E-state index is -3.76. The number of nitrogens with one attached hydrogen (secondary N) is 1. The molecule has 124 valence electrons. The zero-order valence-electron chi connectivity index (χ0n) is 11.9. The Balaban J connectivity index is 2.03. The van der Waals surface area contributed by atoms with Gasteiger partial charge in [0.1, 0.15) is 0 Å². The number of halogens is 1. The fourth-order valence-corrected chi connectivity index (χ4v) is 3.81. The molecule has 0 bridgehead atoms. The minimum Gasteiger partial charge on any atom is -0.225 e. The number of sulfonamides is 2. The van der Waals surface area contributed by atoms with Gasteiger partial charge in [0.05, 0.1) is 10.6 Å². The first-order valence-electron chi connectivity index (χ1n) is 6.50. The van der Waals surface area contributed by atoms with E-state index in [-0.39, 0.29) is 17.2 Å². The van der Waals surface area contributed by atoms with E-state index in [4.69, 9.17) is 16.7 Å². The number of benzene rings is 2. The average molecular weight is 375 g/mol. The Morgan fingerprint density at radius 1 is 0.957 bits per heavy atom. The van der Waals surface area contributed by atoms with Crippen LogP contribution in [-0.4, -0.2) is 16.8 Å². The minimum absolute atomic E-state index is 0.0276. The summed E-state index contributed by atoms with van der Waals surface area (Å²) in [5.41, 5.74) is 1.12. The SMILES string of the molecule is NS(=O)(=O)c1ccc(CNS(=O)(=O)Cc2ccccc2Cl)cc1. The third-order valence-electron chi connectivity index (χ3n) is 3.05. The van der Waals surface area contributed by atoms with E-state index in [0.717, 1.165) is 0 Å². The van der Waals surface area contributed by atoms with Gasteiger partial charge in [0.15, 0.2) is 0 Å². The van der Waals surface area contributed by atoms with Gasteiger partial charge in [-0.05, 0) is 29.3 Å². The van der Waals surface area contributed by atoms with E-state index in [2.05, 4.69) is 4.72 Å². The number of primary sulfonamides is 1. The molecular weight excluding hydrogens is 360 g/mol. The molecule has 9 heteroatoms. The van der Waals surface area contributed by atoms with Crippen molar-refractivity contribution >= 4 is 31.6 Å². The molecule has 0 fully saturated rings. The molecule has 0 heterocycles. The number of nitrogens with two attached hydrogens (primary N) is 1. The summed E-state index contributed by atoms with van der Waals surface area (Å²) in [4.78, 5) is -0.0276. The Hall–Kier alpha value is -1.45. The molecule has 2 aromatic rings. The van der Waals surface area contributed by atoms with Crippen molar-refractivity contribution in [3.8, 4) is 0 Å². The Kier molecular flexibility index (Phi) is 5.43. The van der Waals surface area contributed by atoms with Gasteiger partial charge >= 0.3 is 0 Å².